The smallest absolute Gasteiger partial charge is 0.256 e. The quantitative estimate of drug-likeness (QED) is 0.928. The molecule has 7 heteroatoms. The molecule has 4 aliphatic carbocycles. The Bertz CT molecular complexity index is 736. The third-order valence-electron chi connectivity index (χ3n) is 6.31. The summed E-state index contributed by atoms with van der Waals surface area (Å²) >= 11 is 0. The molecule has 0 radical (unpaired) electrons. The van der Waals surface area contributed by atoms with Gasteiger partial charge in [0, 0.05) is 13.1 Å². The number of rotatable bonds is 3. The maximum atomic E-state index is 12.9. The van der Waals surface area contributed by atoms with E-state index < -0.39 is 0 Å². The first-order valence-corrected chi connectivity index (χ1v) is 8.87. The fourth-order valence-electron chi connectivity index (χ4n) is 5.57. The van der Waals surface area contributed by atoms with Gasteiger partial charge in [-0.3, -0.25) is 9.48 Å². The Hall–Kier alpha value is -2.18. The summed E-state index contributed by atoms with van der Waals surface area (Å²) in [5, 5.41) is 11.7. The van der Waals surface area contributed by atoms with Crippen molar-refractivity contribution in [2.45, 2.75) is 38.1 Å². The number of nitrogens with one attached hydrogen (secondary N) is 1. The van der Waals surface area contributed by atoms with Crippen LogP contribution in [0.25, 0.3) is 5.82 Å². The molecule has 24 heavy (non-hydrogen) atoms. The van der Waals surface area contributed by atoms with Crippen molar-refractivity contribution in [2.75, 3.05) is 0 Å². The van der Waals surface area contributed by atoms with Crippen molar-refractivity contribution in [1.29, 1.82) is 0 Å². The molecule has 6 rings (SSSR count). The number of carbonyl (C=O) groups is 1. The highest BCUT2D eigenvalue weighted by atomic mass is 16.1. The minimum Gasteiger partial charge on any atom is -0.349 e. The van der Waals surface area contributed by atoms with E-state index in [2.05, 4.69) is 20.5 Å². The maximum absolute atomic E-state index is 12.9. The van der Waals surface area contributed by atoms with Gasteiger partial charge in [0.15, 0.2) is 5.82 Å². The Morgan fingerprint density at radius 2 is 1.83 bits per heavy atom. The lowest BCUT2D eigenvalue weighted by Gasteiger charge is -2.54. The molecule has 126 valence electrons. The maximum Gasteiger partial charge on any atom is 0.256 e. The normalized spacial score (nSPS) is 33.8. The van der Waals surface area contributed by atoms with Crippen LogP contribution >= 0.6 is 0 Å². The van der Waals surface area contributed by atoms with E-state index >= 15 is 0 Å². The van der Waals surface area contributed by atoms with Crippen LogP contribution in [0.1, 0.15) is 42.5 Å². The van der Waals surface area contributed by atoms with E-state index in [-0.39, 0.29) is 5.91 Å². The fourth-order valence-corrected chi connectivity index (χ4v) is 5.57. The van der Waals surface area contributed by atoms with Gasteiger partial charge in [0.05, 0.1) is 6.20 Å². The van der Waals surface area contributed by atoms with Crippen LogP contribution in [0.4, 0.5) is 0 Å². The van der Waals surface area contributed by atoms with Crippen LogP contribution in [0, 0.1) is 23.7 Å². The van der Waals surface area contributed by atoms with Crippen molar-refractivity contribution >= 4 is 5.91 Å². The SMILES string of the molecule is Cn1ncc(C(=O)NC2C3CC4CC(C3)CC2C4)c1-n1cncn1. The molecule has 4 saturated carbocycles. The summed E-state index contributed by atoms with van der Waals surface area (Å²) in [6, 6.07) is 0.328. The molecule has 2 aromatic rings. The highest BCUT2D eigenvalue weighted by Crippen LogP contribution is 2.53. The minimum absolute atomic E-state index is 0.0360. The van der Waals surface area contributed by atoms with Gasteiger partial charge in [-0.05, 0) is 55.8 Å². The molecule has 4 bridgehead atoms. The molecule has 0 aliphatic heterocycles. The summed E-state index contributed by atoms with van der Waals surface area (Å²) < 4.78 is 3.26. The van der Waals surface area contributed by atoms with E-state index in [1.807, 2.05) is 7.05 Å². The molecule has 0 saturated heterocycles. The average Bonchev–Trinajstić information content (AvgIpc) is 3.19. The standard InChI is InChI=1S/C17H22N6O/c1-22-17(23-9-18-8-20-23)14(7-19-22)16(24)21-15-12-3-10-2-11(5-12)6-13(15)4-10/h7-13,15H,2-6H2,1H3,(H,21,24). The van der Waals surface area contributed by atoms with E-state index in [4.69, 9.17) is 0 Å². The van der Waals surface area contributed by atoms with E-state index in [9.17, 15) is 4.79 Å². The predicted octanol–water partition coefficient (Wildman–Crippen LogP) is 1.56. The van der Waals surface area contributed by atoms with Gasteiger partial charge in [-0.25, -0.2) is 9.67 Å². The van der Waals surface area contributed by atoms with Crippen molar-refractivity contribution in [3.8, 4) is 5.82 Å². The first kappa shape index (κ1) is 14.2. The third kappa shape index (κ3) is 2.10. The number of hydrogen-bond donors (Lipinski definition) is 1. The molecule has 0 spiro atoms. The van der Waals surface area contributed by atoms with Crippen LogP contribution in [-0.2, 0) is 7.05 Å². The van der Waals surface area contributed by atoms with Crippen LogP contribution in [0.15, 0.2) is 18.9 Å². The van der Waals surface area contributed by atoms with Crippen LogP contribution in [0.3, 0.4) is 0 Å². The number of amides is 1. The molecule has 0 unspecified atom stereocenters. The molecular formula is C17H22N6O. The first-order valence-electron chi connectivity index (χ1n) is 8.87. The van der Waals surface area contributed by atoms with E-state index in [1.165, 1.54) is 38.4 Å². The number of aromatic nitrogens is 5. The van der Waals surface area contributed by atoms with E-state index in [1.54, 1.807) is 21.9 Å². The predicted molar refractivity (Wildman–Crippen MR) is 86.4 cm³/mol. The van der Waals surface area contributed by atoms with Gasteiger partial charge >= 0.3 is 0 Å². The largest absolute Gasteiger partial charge is 0.349 e. The number of nitrogens with zero attached hydrogens (tertiary/aromatic N) is 5. The Labute approximate surface area is 140 Å². The van der Waals surface area contributed by atoms with Crippen LogP contribution in [-0.4, -0.2) is 36.5 Å². The van der Waals surface area contributed by atoms with Crippen LogP contribution in [0.5, 0.6) is 0 Å². The Balaban J connectivity index is 1.40. The number of aryl methyl sites for hydroxylation is 1. The molecule has 2 aromatic heterocycles. The van der Waals surface area contributed by atoms with E-state index in [0.717, 1.165) is 11.8 Å². The van der Waals surface area contributed by atoms with Gasteiger partial charge in [-0.2, -0.15) is 10.2 Å². The molecule has 4 fully saturated rings. The lowest BCUT2D eigenvalue weighted by Crippen LogP contribution is -2.55. The number of hydrogen-bond acceptors (Lipinski definition) is 4. The summed E-state index contributed by atoms with van der Waals surface area (Å²) in [7, 11) is 1.82. The fraction of sp³-hybridized carbons (Fsp3) is 0.647. The molecule has 0 aromatic carbocycles. The zero-order valence-corrected chi connectivity index (χ0v) is 13.8. The van der Waals surface area contributed by atoms with Gasteiger partial charge in [0.1, 0.15) is 18.2 Å². The second-order valence-electron chi connectivity index (χ2n) is 7.78. The zero-order valence-electron chi connectivity index (χ0n) is 13.8. The highest BCUT2D eigenvalue weighted by molar-refractivity contribution is 5.97. The van der Waals surface area contributed by atoms with Crippen molar-refractivity contribution in [2.24, 2.45) is 30.7 Å². The summed E-state index contributed by atoms with van der Waals surface area (Å²) in [5.74, 6) is 3.77. The van der Waals surface area contributed by atoms with Gasteiger partial charge in [-0.1, -0.05) is 0 Å². The van der Waals surface area contributed by atoms with Crippen LogP contribution < -0.4 is 5.32 Å². The molecule has 2 heterocycles. The minimum atomic E-state index is -0.0360. The third-order valence-corrected chi connectivity index (χ3v) is 6.31. The molecule has 1 amide bonds. The lowest BCUT2D eigenvalue weighted by molar-refractivity contribution is -0.0119. The first-order chi connectivity index (χ1) is 11.7. The molecule has 4 aliphatic rings. The number of carbonyl (C=O) groups excluding carboxylic acids is 1. The molecule has 7 nitrogen and oxygen atoms in total. The summed E-state index contributed by atoms with van der Waals surface area (Å²) in [5.41, 5.74) is 0.566. The molecule has 1 N–H and O–H groups in total. The van der Waals surface area contributed by atoms with Crippen molar-refractivity contribution in [3.63, 3.8) is 0 Å². The summed E-state index contributed by atoms with van der Waals surface area (Å²) in [4.78, 5) is 16.9. The Morgan fingerprint density at radius 1 is 1.12 bits per heavy atom. The van der Waals surface area contributed by atoms with Crippen molar-refractivity contribution < 1.29 is 4.79 Å². The van der Waals surface area contributed by atoms with E-state index in [0.29, 0.717) is 29.3 Å². The topological polar surface area (TPSA) is 77.6 Å². The van der Waals surface area contributed by atoms with Gasteiger partial charge < -0.3 is 5.32 Å². The summed E-state index contributed by atoms with van der Waals surface area (Å²) in [6.45, 7) is 0. The second-order valence-corrected chi connectivity index (χ2v) is 7.78. The Morgan fingerprint density at radius 3 is 2.46 bits per heavy atom. The lowest BCUT2D eigenvalue weighted by atomic mass is 9.54. The average molecular weight is 326 g/mol. The van der Waals surface area contributed by atoms with Crippen LogP contribution in [0.2, 0.25) is 0 Å². The van der Waals surface area contributed by atoms with Crippen molar-refractivity contribution in [3.05, 3.63) is 24.4 Å². The zero-order chi connectivity index (χ0) is 16.3. The Kier molecular flexibility index (Phi) is 3.05. The highest BCUT2D eigenvalue weighted by Gasteiger charge is 2.48. The molecule has 0 atom stereocenters. The second kappa shape index (κ2) is 5.16. The van der Waals surface area contributed by atoms with Gasteiger partial charge in [-0.15, -0.1) is 0 Å². The monoisotopic (exact) mass is 326 g/mol. The van der Waals surface area contributed by atoms with Gasteiger partial charge in [0.2, 0.25) is 0 Å². The molecular weight excluding hydrogens is 304 g/mol. The van der Waals surface area contributed by atoms with Gasteiger partial charge in [0.25, 0.3) is 5.91 Å². The summed E-state index contributed by atoms with van der Waals surface area (Å²) in [6.07, 6.45) is 11.3. The van der Waals surface area contributed by atoms with Crippen molar-refractivity contribution in [1.82, 2.24) is 29.9 Å².